The average Bonchev–Trinajstić information content (AvgIpc) is 3.02. The molecule has 0 saturated carbocycles. The fraction of sp³-hybridized carbons (Fsp3) is 0.222. The maximum Gasteiger partial charge on any atom is 0.251 e. The zero-order valence-corrected chi connectivity index (χ0v) is 14.8. The van der Waals surface area contributed by atoms with Crippen LogP contribution >= 0.6 is 23.4 Å². The minimum absolute atomic E-state index is 0.149. The van der Waals surface area contributed by atoms with Crippen LogP contribution in [-0.4, -0.2) is 27.9 Å². The normalized spacial score (nSPS) is 12.2. The summed E-state index contributed by atoms with van der Waals surface area (Å²) in [6, 6.07) is 14.6. The fourth-order valence-corrected chi connectivity index (χ4v) is 3.18. The summed E-state index contributed by atoms with van der Waals surface area (Å²) < 4.78 is 0. The molecule has 6 heteroatoms. The Kier molecular flexibility index (Phi) is 5.43. The molecule has 0 fully saturated rings. The third-order valence-electron chi connectivity index (χ3n) is 3.74. The number of carbonyl (C=O) groups is 1. The van der Waals surface area contributed by atoms with Gasteiger partial charge in [-0.1, -0.05) is 29.8 Å². The Morgan fingerprint density at radius 3 is 2.88 bits per heavy atom. The molecular formula is C18H18ClN3OS. The maximum absolute atomic E-state index is 12.5. The van der Waals surface area contributed by atoms with Gasteiger partial charge < -0.3 is 10.3 Å². The van der Waals surface area contributed by atoms with Gasteiger partial charge in [-0.05, 0) is 48.8 Å². The van der Waals surface area contributed by atoms with Crippen molar-refractivity contribution in [3.05, 3.63) is 64.9 Å². The third-order valence-corrected chi connectivity index (χ3v) is 4.62. The Balaban J connectivity index is 1.84. The Hall–Kier alpha value is -1.98. The van der Waals surface area contributed by atoms with Gasteiger partial charge in [0.1, 0.15) is 5.82 Å². The molecule has 3 rings (SSSR count). The van der Waals surface area contributed by atoms with Crippen LogP contribution < -0.4 is 5.32 Å². The first-order chi connectivity index (χ1) is 11.7. The SMILES string of the molecule is CSCC[C@H](NC(=O)c1cccc(Cl)c1)c1nc2ccccc2[nH]1. The number of rotatable bonds is 6. The van der Waals surface area contributed by atoms with Crippen LogP contribution in [0.4, 0.5) is 0 Å². The number of amides is 1. The first-order valence-electron chi connectivity index (χ1n) is 7.67. The quantitative estimate of drug-likeness (QED) is 0.684. The first kappa shape index (κ1) is 16.9. The van der Waals surface area contributed by atoms with E-state index in [9.17, 15) is 4.79 Å². The highest BCUT2D eigenvalue weighted by Gasteiger charge is 2.19. The van der Waals surface area contributed by atoms with Gasteiger partial charge in [0, 0.05) is 10.6 Å². The van der Waals surface area contributed by atoms with Crippen LogP contribution in [-0.2, 0) is 0 Å². The molecule has 0 bridgehead atoms. The predicted molar refractivity (Wildman–Crippen MR) is 101 cm³/mol. The van der Waals surface area contributed by atoms with Crippen LogP contribution in [0.25, 0.3) is 11.0 Å². The summed E-state index contributed by atoms with van der Waals surface area (Å²) in [4.78, 5) is 20.5. The molecule has 124 valence electrons. The van der Waals surface area contributed by atoms with Gasteiger partial charge in [-0.2, -0.15) is 11.8 Å². The number of nitrogens with zero attached hydrogens (tertiary/aromatic N) is 1. The number of benzene rings is 2. The molecule has 1 atom stereocenters. The van der Waals surface area contributed by atoms with Crippen molar-refractivity contribution in [2.45, 2.75) is 12.5 Å². The number of fused-ring (bicyclic) bond motifs is 1. The Bertz CT molecular complexity index is 816. The third kappa shape index (κ3) is 3.91. The van der Waals surface area contributed by atoms with Crippen molar-refractivity contribution >= 4 is 40.3 Å². The van der Waals surface area contributed by atoms with Gasteiger partial charge in [0.25, 0.3) is 5.91 Å². The van der Waals surface area contributed by atoms with E-state index in [1.54, 1.807) is 36.0 Å². The van der Waals surface area contributed by atoms with Crippen LogP contribution in [0, 0.1) is 0 Å². The number of aromatic nitrogens is 2. The van der Waals surface area contributed by atoms with Crippen LogP contribution in [0.5, 0.6) is 0 Å². The largest absolute Gasteiger partial charge is 0.342 e. The van der Waals surface area contributed by atoms with Gasteiger partial charge in [0.2, 0.25) is 0 Å². The lowest BCUT2D eigenvalue weighted by molar-refractivity contribution is 0.0934. The van der Waals surface area contributed by atoms with Gasteiger partial charge in [-0.25, -0.2) is 4.98 Å². The highest BCUT2D eigenvalue weighted by atomic mass is 35.5. The van der Waals surface area contributed by atoms with Gasteiger partial charge in [0.05, 0.1) is 17.1 Å². The maximum atomic E-state index is 12.5. The van der Waals surface area contributed by atoms with E-state index in [2.05, 4.69) is 21.5 Å². The summed E-state index contributed by atoms with van der Waals surface area (Å²) in [6.45, 7) is 0. The number of nitrogens with one attached hydrogen (secondary N) is 2. The Labute approximate surface area is 150 Å². The molecule has 0 saturated heterocycles. The second kappa shape index (κ2) is 7.73. The number of H-pyrrole nitrogens is 1. The lowest BCUT2D eigenvalue weighted by atomic mass is 10.1. The highest BCUT2D eigenvalue weighted by Crippen LogP contribution is 2.21. The number of aromatic amines is 1. The summed E-state index contributed by atoms with van der Waals surface area (Å²) in [6.07, 6.45) is 2.85. The van der Waals surface area contributed by atoms with Gasteiger partial charge in [-0.15, -0.1) is 0 Å². The van der Waals surface area contributed by atoms with E-state index < -0.39 is 0 Å². The molecule has 0 spiro atoms. The molecule has 2 aromatic carbocycles. The summed E-state index contributed by atoms with van der Waals surface area (Å²) in [5, 5.41) is 3.62. The number of halogens is 1. The molecule has 0 aliphatic rings. The Morgan fingerprint density at radius 2 is 2.12 bits per heavy atom. The first-order valence-corrected chi connectivity index (χ1v) is 9.44. The van der Waals surface area contributed by atoms with E-state index in [-0.39, 0.29) is 11.9 Å². The van der Waals surface area contributed by atoms with Gasteiger partial charge in [0.15, 0.2) is 0 Å². The second-order valence-electron chi connectivity index (χ2n) is 5.46. The predicted octanol–water partition coefficient (Wildman–Crippen LogP) is 4.44. The van der Waals surface area contributed by atoms with E-state index in [1.807, 2.05) is 24.3 Å². The number of para-hydroxylation sites is 2. The summed E-state index contributed by atoms with van der Waals surface area (Å²) in [5.74, 6) is 1.56. The van der Waals surface area contributed by atoms with Crippen molar-refractivity contribution < 1.29 is 4.79 Å². The number of thioether (sulfide) groups is 1. The van der Waals surface area contributed by atoms with E-state index in [1.165, 1.54) is 0 Å². The van der Waals surface area contributed by atoms with Crippen LogP contribution in [0.15, 0.2) is 48.5 Å². The van der Waals surface area contributed by atoms with Crippen molar-refractivity contribution in [3.63, 3.8) is 0 Å². The van der Waals surface area contributed by atoms with Crippen LogP contribution in [0.3, 0.4) is 0 Å². The smallest absolute Gasteiger partial charge is 0.251 e. The molecule has 0 aliphatic heterocycles. The zero-order chi connectivity index (χ0) is 16.9. The number of hydrogen-bond acceptors (Lipinski definition) is 3. The molecule has 0 radical (unpaired) electrons. The number of imidazole rings is 1. The molecule has 1 heterocycles. The molecule has 4 nitrogen and oxygen atoms in total. The van der Waals surface area contributed by atoms with Crippen molar-refractivity contribution in [2.24, 2.45) is 0 Å². The molecule has 0 unspecified atom stereocenters. The van der Waals surface area contributed by atoms with E-state index in [0.717, 1.165) is 29.0 Å². The molecule has 0 aliphatic carbocycles. The van der Waals surface area contributed by atoms with Crippen molar-refractivity contribution in [1.82, 2.24) is 15.3 Å². The van der Waals surface area contributed by atoms with E-state index in [0.29, 0.717) is 10.6 Å². The highest BCUT2D eigenvalue weighted by molar-refractivity contribution is 7.98. The minimum atomic E-state index is -0.170. The monoisotopic (exact) mass is 359 g/mol. The van der Waals surface area contributed by atoms with E-state index >= 15 is 0 Å². The van der Waals surface area contributed by atoms with Gasteiger partial charge in [-0.3, -0.25) is 4.79 Å². The van der Waals surface area contributed by atoms with Crippen molar-refractivity contribution in [1.29, 1.82) is 0 Å². The summed E-state index contributed by atoms with van der Waals surface area (Å²) >= 11 is 7.72. The number of hydrogen-bond donors (Lipinski definition) is 2. The number of carbonyl (C=O) groups excluding carboxylic acids is 1. The zero-order valence-electron chi connectivity index (χ0n) is 13.3. The standard InChI is InChI=1S/C18H18ClN3OS/c1-24-10-9-16(17-20-14-7-2-3-8-15(14)21-17)22-18(23)12-5-4-6-13(19)11-12/h2-8,11,16H,9-10H2,1H3,(H,20,21)(H,22,23)/t16-/m0/s1. The average molecular weight is 360 g/mol. The van der Waals surface area contributed by atoms with E-state index in [4.69, 9.17) is 11.6 Å². The minimum Gasteiger partial charge on any atom is -0.342 e. The van der Waals surface area contributed by atoms with Crippen LogP contribution in [0.1, 0.15) is 28.6 Å². The fourth-order valence-electron chi connectivity index (χ4n) is 2.52. The molecule has 3 aromatic rings. The Morgan fingerprint density at radius 1 is 1.29 bits per heavy atom. The van der Waals surface area contributed by atoms with Crippen molar-refractivity contribution in [3.8, 4) is 0 Å². The van der Waals surface area contributed by atoms with Crippen molar-refractivity contribution in [2.75, 3.05) is 12.0 Å². The second-order valence-corrected chi connectivity index (χ2v) is 6.88. The topological polar surface area (TPSA) is 57.8 Å². The summed E-state index contributed by atoms with van der Waals surface area (Å²) in [7, 11) is 0. The lowest BCUT2D eigenvalue weighted by Gasteiger charge is -2.16. The molecule has 1 amide bonds. The van der Waals surface area contributed by atoms with Gasteiger partial charge >= 0.3 is 0 Å². The lowest BCUT2D eigenvalue weighted by Crippen LogP contribution is -2.29. The molecule has 1 aromatic heterocycles. The summed E-state index contributed by atoms with van der Waals surface area (Å²) in [5.41, 5.74) is 2.42. The molecular weight excluding hydrogens is 342 g/mol. The molecule has 2 N–H and O–H groups in total. The molecule has 24 heavy (non-hydrogen) atoms. The van der Waals surface area contributed by atoms with Crippen LogP contribution in [0.2, 0.25) is 5.02 Å².